The highest BCUT2D eigenvalue weighted by molar-refractivity contribution is 5.57. The number of rotatable bonds is 3. The SMILES string of the molecule is CCOC1CCN(c2nnc(C)c(C)c2C#N)CC1. The van der Waals surface area contributed by atoms with Crippen LogP contribution in [-0.4, -0.2) is 36.0 Å². The highest BCUT2D eigenvalue weighted by atomic mass is 16.5. The summed E-state index contributed by atoms with van der Waals surface area (Å²) in [5, 5.41) is 17.7. The van der Waals surface area contributed by atoms with Gasteiger partial charge >= 0.3 is 0 Å². The lowest BCUT2D eigenvalue weighted by Gasteiger charge is -2.32. The fraction of sp³-hybridized carbons (Fsp3) is 0.643. The van der Waals surface area contributed by atoms with Crippen LogP contribution in [0.4, 0.5) is 5.82 Å². The normalized spacial score (nSPS) is 16.4. The first-order chi connectivity index (χ1) is 9.17. The summed E-state index contributed by atoms with van der Waals surface area (Å²) in [4.78, 5) is 2.15. The Hall–Kier alpha value is -1.67. The molecule has 1 fully saturated rings. The molecule has 0 aliphatic carbocycles. The van der Waals surface area contributed by atoms with Crippen molar-refractivity contribution in [1.82, 2.24) is 10.2 Å². The van der Waals surface area contributed by atoms with Crippen molar-refractivity contribution in [2.24, 2.45) is 0 Å². The Morgan fingerprint density at radius 2 is 2.00 bits per heavy atom. The van der Waals surface area contributed by atoms with E-state index in [0.717, 1.165) is 49.6 Å². The molecule has 0 spiro atoms. The average Bonchev–Trinajstić information content (AvgIpc) is 2.43. The Kier molecular flexibility index (Phi) is 4.33. The minimum Gasteiger partial charge on any atom is -0.378 e. The van der Waals surface area contributed by atoms with Crippen LogP contribution in [0.1, 0.15) is 36.6 Å². The van der Waals surface area contributed by atoms with E-state index in [1.807, 2.05) is 20.8 Å². The van der Waals surface area contributed by atoms with Crippen LogP contribution in [0.15, 0.2) is 0 Å². The smallest absolute Gasteiger partial charge is 0.169 e. The molecule has 2 rings (SSSR count). The Balaban J connectivity index is 2.16. The van der Waals surface area contributed by atoms with Crippen molar-refractivity contribution >= 4 is 5.82 Å². The molecule has 0 N–H and O–H groups in total. The molecule has 0 amide bonds. The quantitative estimate of drug-likeness (QED) is 0.831. The summed E-state index contributed by atoms with van der Waals surface area (Å²) in [7, 11) is 0. The largest absolute Gasteiger partial charge is 0.378 e. The lowest BCUT2D eigenvalue weighted by molar-refractivity contribution is 0.0458. The number of nitriles is 1. The third kappa shape index (κ3) is 2.85. The molecule has 0 atom stereocenters. The number of ether oxygens (including phenoxy) is 1. The zero-order valence-electron chi connectivity index (χ0n) is 11.8. The van der Waals surface area contributed by atoms with E-state index in [4.69, 9.17) is 4.74 Å². The van der Waals surface area contributed by atoms with E-state index in [2.05, 4.69) is 21.2 Å². The molecule has 5 heteroatoms. The van der Waals surface area contributed by atoms with Gasteiger partial charge in [-0.05, 0) is 39.2 Å². The van der Waals surface area contributed by atoms with Gasteiger partial charge in [-0.1, -0.05) is 0 Å². The van der Waals surface area contributed by atoms with Gasteiger partial charge in [0.15, 0.2) is 5.82 Å². The molecule has 1 aromatic rings. The van der Waals surface area contributed by atoms with Gasteiger partial charge in [0, 0.05) is 19.7 Å². The first kappa shape index (κ1) is 13.8. The standard InChI is InChI=1S/C14H20N4O/c1-4-19-12-5-7-18(8-6-12)14-13(9-15)10(2)11(3)16-17-14/h12H,4-8H2,1-3H3. The van der Waals surface area contributed by atoms with Crippen LogP contribution in [0, 0.1) is 25.2 Å². The maximum Gasteiger partial charge on any atom is 0.169 e. The number of piperidine rings is 1. The lowest BCUT2D eigenvalue weighted by Crippen LogP contribution is -2.38. The third-order valence-electron chi connectivity index (χ3n) is 3.69. The van der Waals surface area contributed by atoms with Crippen LogP contribution in [0.25, 0.3) is 0 Å². The van der Waals surface area contributed by atoms with E-state index in [0.29, 0.717) is 11.7 Å². The molecule has 0 radical (unpaired) electrons. The summed E-state index contributed by atoms with van der Waals surface area (Å²) in [5.74, 6) is 0.723. The van der Waals surface area contributed by atoms with E-state index in [1.165, 1.54) is 0 Å². The van der Waals surface area contributed by atoms with Crippen LogP contribution in [0.2, 0.25) is 0 Å². The van der Waals surface area contributed by atoms with E-state index in [-0.39, 0.29) is 0 Å². The Morgan fingerprint density at radius 1 is 1.32 bits per heavy atom. The molecule has 19 heavy (non-hydrogen) atoms. The van der Waals surface area contributed by atoms with Crippen molar-refractivity contribution < 1.29 is 4.74 Å². The Labute approximate surface area is 114 Å². The Bertz CT molecular complexity index is 487. The molecular weight excluding hydrogens is 240 g/mol. The van der Waals surface area contributed by atoms with Crippen LogP contribution >= 0.6 is 0 Å². The molecule has 1 aromatic heterocycles. The molecule has 2 heterocycles. The molecular formula is C14H20N4O. The number of hydrogen-bond acceptors (Lipinski definition) is 5. The van der Waals surface area contributed by atoms with E-state index in [9.17, 15) is 5.26 Å². The topological polar surface area (TPSA) is 62.0 Å². The molecule has 1 saturated heterocycles. The van der Waals surface area contributed by atoms with Gasteiger partial charge in [0.05, 0.1) is 11.8 Å². The summed E-state index contributed by atoms with van der Waals surface area (Å²) in [5.41, 5.74) is 2.41. The summed E-state index contributed by atoms with van der Waals surface area (Å²) in [6, 6.07) is 2.26. The van der Waals surface area contributed by atoms with Crippen molar-refractivity contribution in [1.29, 1.82) is 5.26 Å². The Morgan fingerprint density at radius 3 is 2.58 bits per heavy atom. The second-order valence-electron chi connectivity index (χ2n) is 4.86. The van der Waals surface area contributed by atoms with Gasteiger partial charge < -0.3 is 9.64 Å². The van der Waals surface area contributed by atoms with E-state index < -0.39 is 0 Å². The van der Waals surface area contributed by atoms with Crippen molar-refractivity contribution in [3.05, 3.63) is 16.8 Å². The first-order valence-electron chi connectivity index (χ1n) is 6.77. The maximum absolute atomic E-state index is 9.32. The molecule has 102 valence electrons. The predicted molar refractivity (Wildman–Crippen MR) is 73.1 cm³/mol. The van der Waals surface area contributed by atoms with Gasteiger partial charge in [-0.2, -0.15) is 10.4 Å². The molecule has 0 bridgehead atoms. The van der Waals surface area contributed by atoms with Crippen molar-refractivity contribution in [2.45, 2.75) is 39.7 Å². The number of anilines is 1. The number of aryl methyl sites for hydroxylation is 1. The second kappa shape index (κ2) is 5.98. The van der Waals surface area contributed by atoms with Gasteiger partial charge in [0.1, 0.15) is 11.6 Å². The highest BCUT2D eigenvalue weighted by Gasteiger charge is 2.23. The summed E-state index contributed by atoms with van der Waals surface area (Å²) >= 11 is 0. The van der Waals surface area contributed by atoms with Crippen molar-refractivity contribution in [3.8, 4) is 6.07 Å². The van der Waals surface area contributed by atoms with E-state index in [1.54, 1.807) is 0 Å². The number of nitrogens with zero attached hydrogens (tertiary/aromatic N) is 4. The average molecular weight is 260 g/mol. The lowest BCUT2D eigenvalue weighted by atomic mass is 10.1. The second-order valence-corrected chi connectivity index (χ2v) is 4.86. The highest BCUT2D eigenvalue weighted by Crippen LogP contribution is 2.25. The maximum atomic E-state index is 9.32. The zero-order valence-corrected chi connectivity index (χ0v) is 11.8. The van der Waals surface area contributed by atoms with Crippen molar-refractivity contribution in [3.63, 3.8) is 0 Å². The van der Waals surface area contributed by atoms with Crippen LogP contribution < -0.4 is 4.90 Å². The van der Waals surface area contributed by atoms with E-state index >= 15 is 0 Å². The molecule has 0 aromatic carbocycles. The van der Waals surface area contributed by atoms with Gasteiger partial charge in [0.2, 0.25) is 0 Å². The molecule has 1 aliphatic heterocycles. The summed E-state index contributed by atoms with van der Waals surface area (Å²) in [6.45, 7) is 8.34. The van der Waals surface area contributed by atoms with Crippen LogP contribution in [0.5, 0.6) is 0 Å². The molecule has 0 saturated carbocycles. The zero-order chi connectivity index (χ0) is 13.8. The number of aromatic nitrogens is 2. The van der Waals surface area contributed by atoms with Gasteiger partial charge in [-0.25, -0.2) is 0 Å². The molecule has 5 nitrogen and oxygen atoms in total. The molecule has 1 aliphatic rings. The fourth-order valence-corrected chi connectivity index (χ4v) is 2.42. The van der Waals surface area contributed by atoms with Crippen LogP contribution in [0.3, 0.4) is 0 Å². The first-order valence-corrected chi connectivity index (χ1v) is 6.77. The summed E-state index contributed by atoms with van der Waals surface area (Å²) < 4.78 is 5.64. The predicted octanol–water partition coefficient (Wildman–Crippen LogP) is 1.97. The minimum atomic E-state index is 0.339. The van der Waals surface area contributed by atoms with Gasteiger partial charge in [0.25, 0.3) is 0 Å². The van der Waals surface area contributed by atoms with Gasteiger partial charge in [-0.3, -0.25) is 0 Å². The molecule has 0 unspecified atom stereocenters. The fourth-order valence-electron chi connectivity index (χ4n) is 2.42. The van der Waals surface area contributed by atoms with Crippen LogP contribution in [-0.2, 0) is 4.74 Å². The monoisotopic (exact) mass is 260 g/mol. The minimum absolute atomic E-state index is 0.339. The third-order valence-corrected chi connectivity index (χ3v) is 3.69. The number of hydrogen-bond donors (Lipinski definition) is 0. The van der Waals surface area contributed by atoms with Gasteiger partial charge in [-0.15, -0.1) is 5.10 Å². The van der Waals surface area contributed by atoms with Crippen molar-refractivity contribution in [2.75, 3.05) is 24.6 Å². The summed E-state index contributed by atoms with van der Waals surface area (Å²) in [6.07, 6.45) is 2.30.